The van der Waals surface area contributed by atoms with Crippen LogP contribution < -0.4 is 11.5 Å². The quantitative estimate of drug-likeness (QED) is 0.866. The van der Waals surface area contributed by atoms with Crippen LogP contribution in [0.1, 0.15) is 17.7 Å². The van der Waals surface area contributed by atoms with Crippen molar-refractivity contribution in [2.75, 3.05) is 12.3 Å². The molecule has 0 aliphatic carbocycles. The summed E-state index contributed by atoms with van der Waals surface area (Å²) < 4.78 is 14.3. The van der Waals surface area contributed by atoms with Crippen LogP contribution >= 0.6 is 0 Å². The van der Waals surface area contributed by atoms with E-state index in [4.69, 9.17) is 16.7 Å². The SMILES string of the molecule is N#Cc1c(CCCN)nn(-c2ccc(F)cc2)c1N. The number of nitrogens with zero attached hydrogens (tertiary/aromatic N) is 3. The summed E-state index contributed by atoms with van der Waals surface area (Å²) in [5, 5.41) is 13.4. The van der Waals surface area contributed by atoms with E-state index < -0.39 is 0 Å². The number of hydrogen-bond acceptors (Lipinski definition) is 4. The molecular formula is C13H14FN5. The topological polar surface area (TPSA) is 93.6 Å². The lowest BCUT2D eigenvalue weighted by atomic mass is 10.1. The normalized spacial score (nSPS) is 10.4. The fourth-order valence-corrected chi connectivity index (χ4v) is 1.82. The van der Waals surface area contributed by atoms with Gasteiger partial charge in [0, 0.05) is 0 Å². The molecular weight excluding hydrogens is 245 g/mol. The number of aromatic nitrogens is 2. The number of rotatable bonds is 4. The first-order valence-corrected chi connectivity index (χ1v) is 5.91. The van der Waals surface area contributed by atoms with E-state index in [2.05, 4.69) is 11.2 Å². The smallest absolute Gasteiger partial charge is 0.145 e. The Morgan fingerprint density at radius 2 is 2.00 bits per heavy atom. The average Bonchev–Trinajstić information content (AvgIpc) is 2.73. The van der Waals surface area contributed by atoms with E-state index in [1.54, 1.807) is 12.1 Å². The Kier molecular flexibility index (Phi) is 3.78. The van der Waals surface area contributed by atoms with Crippen LogP contribution in [0.15, 0.2) is 24.3 Å². The molecule has 0 saturated heterocycles. The monoisotopic (exact) mass is 259 g/mol. The Morgan fingerprint density at radius 3 is 2.58 bits per heavy atom. The van der Waals surface area contributed by atoms with Crippen LogP contribution in [0.5, 0.6) is 0 Å². The zero-order valence-corrected chi connectivity index (χ0v) is 10.3. The highest BCUT2D eigenvalue weighted by Gasteiger charge is 2.15. The summed E-state index contributed by atoms with van der Waals surface area (Å²) in [6.45, 7) is 0.522. The molecule has 0 aliphatic rings. The Balaban J connectivity index is 2.44. The number of nitrogen functional groups attached to an aromatic ring is 1. The minimum atomic E-state index is -0.335. The van der Waals surface area contributed by atoms with Gasteiger partial charge in [0.05, 0.1) is 11.4 Å². The van der Waals surface area contributed by atoms with E-state index in [1.165, 1.54) is 16.8 Å². The largest absolute Gasteiger partial charge is 0.382 e. The average molecular weight is 259 g/mol. The van der Waals surface area contributed by atoms with Crippen LogP contribution in [0, 0.1) is 17.1 Å². The number of nitriles is 1. The molecule has 1 heterocycles. The van der Waals surface area contributed by atoms with Gasteiger partial charge < -0.3 is 11.5 Å². The molecule has 0 atom stereocenters. The van der Waals surface area contributed by atoms with Gasteiger partial charge in [-0.25, -0.2) is 9.07 Å². The first-order valence-electron chi connectivity index (χ1n) is 5.91. The molecule has 2 aromatic rings. The molecule has 98 valence electrons. The van der Waals surface area contributed by atoms with Gasteiger partial charge in [-0.05, 0) is 43.7 Å². The van der Waals surface area contributed by atoms with Crippen LogP contribution in [-0.4, -0.2) is 16.3 Å². The number of benzene rings is 1. The van der Waals surface area contributed by atoms with Gasteiger partial charge in [-0.15, -0.1) is 0 Å². The maximum absolute atomic E-state index is 12.9. The van der Waals surface area contributed by atoms with Gasteiger partial charge in [-0.1, -0.05) is 0 Å². The van der Waals surface area contributed by atoms with Crippen LogP contribution in [0.4, 0.5) is 10.2 Å². The van der Waals surface area contributed by atoms with Crippen molar-refractivity contribution in [1.29, 1.82) is 5.26 Å². The molecule has 0 saturated carbocycles. The van der Waals surface area contributed by atoms with Crippen molar-refractivity contribution >= 4 is 5.82 Å². The summed E-state index contributed by atoms with van der Waals surface area (Å²) in [7, 11) is 0. The first-order chi connectivity index (χ1) is 9.17. The molecule has 1 aromatic heterocycles. The van der Waals surface area contributed by atoms with Crippen molar-refractivity contribution in [2.45, 2.75) is 12.8 Å². The van der Waals surface area contributed by atoms with Gasteiger partial charge in [0.2, 0.25) is 0 Å². The second kappa shape index (κ2) is 5.50. The van der Waals surface area contributed by atoms with E-state index in [9.17, 15) is 4.39 Å². The second-order valence-electron chi connectivity index (χ2n) is 4.10. The molecule has 0 aliphatic heterocycles. The van der Waals surface area contributed by atoms with E-state index in [1.807, 2.05) is 0 Å². The van der Waals surface area contributed by atoms with Crippen LogP contribution in [0.25, 0.3) is 5.69 Å². The summed E-state index contributed by atoms with van der Waals surface area (Å²) in [6.07, 6.45) is 1.33. The third-order valence-electron chi connectivity index (χ3n) is 2.79. The zero-order chi connectivity index (χ0) is 13.8. The molecule has 4 N–H and O–H groups in total. The number of anilines is 1. The molecule has 19 heavy (non-hydrogen) atoms. The lowest BCUT2D eigenvalue weighted by molar-refractivity contribution is 0.627. The van der Waals surface area contributed by atoms with E-state index in [0.717, 1.165) is 6.42 Å². The van der Waals surface area contributed by atoms with Crippen molar-refractivity contribution in [3.8, 4) is 11.8 Å². The van der Waals surface area contributed by atoms with Crippen molar-refractivity contribution in [3.63, 3.8) is 0 Å². The number of hydrogen-bond donors (Lipinski definition) is 2. The molecule has 5 nitrogen and oxygen atoms in total. The Hall–Kier alpha value is -2.39. The lowest BCUT2D eigenvalue weighted by Crippen LogP contribution is -2.03. The number of nitrogens with two attached hydrogens (primary N) is 2. The highest BCUT2D eigenvalue weighted by molar-refractivity contribution is 5.56. The molecule has 0 radical (unpaired) electrons. The highest BCUT2D eigenvalue weighted by Crippen LogP contribution is 2.21. The van der Waals surface area contributed by atoms with Crippen molar-refractivity contribution < 1.29 is 4.39 Å². The van der Waals surface area contributed by atoms with E-state index in [-0.39, 0.29) is 11.6 Å². The highest BCUT2D eigenvalue weighted by atomic mass is 19.1. The second-order valence-corrected chi connectivity index (χ2v) is 4.10. The molecule has 0 amide bonds. The molecule has 0 spiro atoms. The maximum atomic E-state index is 12.9. The molecule has 0 fully saturated rings. The van der Waals surface area contributed by atoms with E-state index >= 15 is 0 Å². The molecule has 6 heteroatoms. The van der Waals surface area contributed by atoms with Crippen molar-refractivity contribution in [3.05, 3.63) is 41.3 Å². The lowest BCUT2D eigenvalue weighted by Gasteiger charge is -2.03. The fraction of sp³-hybridized carbons (Fsp3) is 0.231. The van der Waals surface area contributed by atoms with Gasteiger partial charge in [0.25, 0.3) is 0 Å². The minimum Gasteiger partial charge on any atom is -0.382 e. The molecule has 1 aromatic carbocycles. The summed E-state index contributed by atoms with van der Waals surface area (Å²) in [4.78, 5) is 0. The third kappa shape index (κ3) is 2.56. The summed E-state index contributed by atoms with van der Waals surface area (Å²) >= 11 is 0. The van der Waals surface area contributed by atoms with Crippen molar-refractivity contribution in [1.82, 2.24) is 9.78 Å². The van der Waals surface area contributed by atoms with Gasteiger partial charge in [-0.3, -0.25) is 0 Å². The first kappa shape index (κ1) is 13.1. The fourth-order valence-electron chi connectivity index (χ4n) is 1.82. The summed E-state index contributed by atoms with van der Waals surface area (Å²) in [5.41, 5.74) is 13.0. The predicted octanol–water partition coefficient (Wildman–Crippen LogP) is 1.36. The summed E-state index contributed by atoms with van der Waals surface area (Å²) in [5.74, 6) is -0.0699. The molecule has 0 unspecified atom stereocenters. The maximum Gasteiger partial charge on any atom is 0.145 e. The van der Waals surface area contributed by atoms with Gasteiger partial charge in [-0.2, -0.15) is 10.4 Å². The number of halogens is 1. The van der Waals surface area contributed by atoms with Crippen LogP contribution in [-0.2, 0) is 6.42 Å². The Labute approximate surface area is 110 Å². The zero-order valence-electron chi connectivity index (χ0n) is 10.3. The minimum absolute atomic E-state index is 0.265. The number of aryl methyl sites for hydroxylation is 1. The van der Waals surface area contributed by atoms with Gasteiger partial charge >= 0.3 is 0 Å². The summed E-state index contributed by atoms with van der Waals surface area (Å²) in [6, 6.07) is 7.82. The van der Waals surface area contributed by atoms with Crippen LogP contribution in [0.2, 0.25) is 0 Å². The Bertz CT molecular complexity index is 609. The van der Waals surface area contributed by atoms with Crippen molar-refractivity contribution in [2.24, 2.45) is 5.73 Å². The Morgan fingerprint density at radius 1 is 1.32 bits per heavy atom. The standard InChI is InChI=1S/C13H14FN5/c14-9-3-5-10(6-4-9)19-13(17)11(8-16)12(18-19)2-1-7-15/h3-6H,1-2,7,15,17H2. The molecule has 0 bridgehead atoms. The van der Waals surface area contributed by atoms with Crippen LogP contribution in [0.3, 0.4) is 0 Å². The molecule has 2 rings (SSSR count). The third-order valence-corrected chi connectivity index (χ3v) is 2.79. The predicted molar refractivity (Wildman–Crippen MR) is 70.0 cm³/mol. The van der Waals surface area contributed by atoms with Gasteiger partial charge in [0.1, 0.15) is 23.3 Å². The van der Waals surface area contributed by atoms with E-state index in [0.29, 0.717) is 29.9 Å². The van der Waals surface area contributed by atoms with Gasteiger partial charge in [0.15, 0.2) is 0 Å².